The number of fused-ring (bicyclic) bond motifs is 1. The van der Waals surface area contributed by atoms with Crippen molar-refractivity contribution in [2.24, 2.45) is 0 Å². The molecule has 0 fully saturated rings. The molecule has 0 aliphatic carbocycles. The summed E-state index contributed by atoms with van der Waals surface area (Å²) < 4.78 is 6.31. The molecule has 0 unspecified atom stereocenters. The number of hydrogen-bond acceptors (Lipinski definition) is 4. The van der Waals surface area contributed by atoms with Crippen molar-refractivity contribution in [3.05, 3.63) is 29.0 Å². The molecule has 1 aromatic heterocycles. The van der Waals surface area contributed by atoms with Gasteiger partial charge in [-0.25, -0.2) is 9.97 Å². The fourth-order valence-electron chi connectivity index (χ4n) is 1.50. The van der Waals surface area contributed by atoms with Gasteiger partial charge in [0, 0.05) is 11.0 Å². The average Bonchev–Trinajstić information content (AvgIpc) is 2.36. The molecule has 1 heterocycles. The summed E-state index contributed by atoms with van der Waals surface area (Å²) in [6, 6.07) is 5.62. The van der Waals surface area contributed by atoms with Gasteiger partial charge in [-0.1, -0.05) is 15.9 Å². The molecule has 94 valence electrons. The summed E-state index contributed by atoms with van der Waals surface area (Å²) in [5.74, 6) is 0.242. The van der Waals surface area contributed by atoms with Gasteiger partial charge in [-0.2, -0.15) is 0 Å². The maximum absolute atomic E-state index is 11.3. The van der Waals surface area contributed by atoms with Gasteiger partial charge in [0.1, 0.15) is 6.33 Å². The topological polar surface area (TPSA) is 64.1 Å². The Kier molecular flexibility index (Phi) is 4.09. The van der Waals surface area contributed by atoms with Crippen LogP contribution in [0, 0.1) is 0 Å². The Morgan fingerprint density at radius 1 is 1.44 bits per heavy atom. The highest BCUT2D eigenvalue weighted by Gasteiger charge is 2.07. The number of ether oxygens (including phenoxy) is 1. The van der Waals surface area contributed by atoms with Crippen LogP contribution in [0.2, 0.25) is 0 Å². The molecule has 0 aliphatic heterocycles. The van der Waals surface area contributed by atoms with E-state index in [1.807, 2.05) is 25.1 Å². The molecule has 0 saturated carbocycles. The maximum atomic E-state index is 11.3. The van der Waals surface area contributed by atoms with Gasteiger partial charge < -0.3 is 10.1 Å². The van der Waals surface area contributed by atoms with Crippen molar-refractivity contribution in [2.45, 2.75) is 6.92 Å². The number of halogens is 1. The number of rotatable bonds is 4. The largest absolute Gasteiger partial charge is 0.467 e. The zero-order valence-corrected chi connectivity index (χ0v) is 11.4. The highest BCUT2D eigenvalue weighted by atomic mass is 79.9. The number of nitrogens with zero attached hydrogens (tertiary/aromatic N) is 2. The summed E-state index contributed by atoms with van der Waals surface area (Å²) >= 11 is 3.38. The molecular weight excluding hydrogens is 298 g/mol. The minimum Gasteiger partial charge on any atom is -0.467 e. The Hall–Kier alpha value is -1.69. The van der Waals surface area contributed by atoms with Crippen LogP contribution in [0.25, 0.3) is 10.9 Å². The molecule has 5 nitrogen and oxygen atoms in total. The second-order valence-electron chi connectivity index (χ2n) is 3.58. The lowest BCUT2D eigenvalue weighted by molar-refractivity contribution is -0.123. The lowest BCUT2D eigenvalue weighted by atomic mass is 10.2. The van der Waals surface area contributed by atoms with E-state index in [4.69, 9.17) is 4.74 Å². The molecule has 0 bridgehead atoms. The zero-order chi connectivity index (χ0) is 13.0. The van der Waals surface area contributed by atoms with Crippen molar-refractivity contribution in [3.63, 3.8) is 0 Å². The average molecular weight is 310 g/mol. The SMILES string of the molecule is CCNC(=O)COc1ncnc2ccc(Br)cc12. The summed E-state index contributed by atoms with van der Waals surface area (Å²) in [7, 11) is 0. The van der Waals surface area contributed by atoms with E-state index in [-0.39, 0.29) is 12.5 Å². The van der Waals surface area contributed by atoms with Gasteiger partial charge in [0.25, 0.3) is 5.91 Å². The second-order valence-corrected chi connectivity index (χ2v) is 4.50. The number of aromatic nitrogens is 2. The van der Waals surface area contributed by atoms with Crippen LogP contribution in [0.3, 0.4) is 0 Å². The molecule has 0 saturated heterocycles. The summed E-state index contributed by atoms with van der Waals surface area (Å²) in [6.07, 6.45) is 1.42. The van der Waals surface area contributed by atoms with Crippen molar-refractivity contribution < 1.29 is 9.53 Å². The summed E-state index contributed by atoms with van der Waals surface area (Å²) in [5, 5.41) is 3.43. The van der Waals surface area contributed by atoms with E-state index in [1.165, 1.54) is 6.33 Å². The van der Waals surface area contributed by atoms with E-state index in [1.54, 1.807) is 0 Å². The van der Waals surface area contributed by atoms with Crippen molar-refractivity contribution in [1.82, 2.24) is 15.3 Å². The van der Waals surface area contributed by atoms with Gasteiger partial charge in [0.05, 0.1) is 10.9 Å². The number of nitrogens with one attached hydrogen (secondary N) is 1. The molecule has 0 aliphatic rings. The summed E-state index contributed by atoms with van der Waals surface area (Å²) in [4.78, 5) is 19.5. The Labute approximate surface area is 113 Å². The number of benzene rings is 1. The first-order valence-corrected chi connectivity index (χ1v) is 6.29. The third kappa shape index (κ3) is 2.95. The van der Waals surface area contributed by atoms with E-state index in [0.717, 1.165) is 15.4 Å². The fraction of sp³-hybridized carbons (Fsp3) is 0.250. The first-order chi connectivity index (χ1) is 8.70. The third-order valence-corrected chi connectivity index (χ3v) is 2.77. The number of carbonyl (C=O) groups is 1. The van der Waals surface area contributed by atoms with Gasteiger partial charge in [-0.05, 0) is 25.1 Å². The molecule has 1 aromatic carbocycles. The maximum Gasteiger partial charge on any atom is 0.257 e. The normalized spacial score (nSPS) is 10.3. The first kappa shape index (κ1) is 12.8. The Balaban J connectivity index is 2.22. The van der Waals surface area contributed by atoms with Gasteiger partial charge in [0.15, 0.2) is 6.61 Å². The Morgan fingerprint density at radius 2 is 2.28 bits per heavy atom. The number of carbonyl (C=O) groups excluding carboxylic acids is 1. The predicted octanol–water partition coefficient (Wildman–Crippen LogP) is 1.91. The van der Waals surface area contributed by atoms with Crippen LogP contribution in [0.4, 0.5) is 0 Å². The van der Waals surface area contributed by atoms with Gasteiger partial charge in [-0.15, -0.1) is 0 Å². The third-order valence-electron chi connectivity index (χ3n) is 2.27. The van der Waals surface area contributed by atoms with E-state index < -0.39 is 0 Å². The van der Waals surface area contributed by atoms with E-state index in [9.17, 15) is 4.79 Å². The molecule has 2 rings (SSSR count). The van der Waals surface area contributed by atoms with Crippen LogP contribution >= 0.6 is 15.9 Å². The minimum atomic E-state index is -0.167. The van der Waals surface area contributed by atoms with Crippen molar-refractivity contribution in [3.8, 4) is 5.88 Å². The van der Waals surface area contributed by atoms with Crippen LogP contribution in [-0.2, 0) is 4.79 Å². The van der Waals surface area contributed by atoms with Gasteiger partial charge >= 0.3 is 0 Å². The van der Waals surface area contributed by atoms with Crippen LogP contribution < -0.4 is 10.1 Å². The fourth-order valence-corrected chi connectivity index (χ4v) is 1.86. The van der Waals surface area contributed by atoms with Crippen LogP contribution in [0.15, 0.2) is 29.0 Å². The van der Waals surface area contributed by atoms with E-state index in [0.29, 0.717) is 12.4 Å². The zero-order valence-electron chi connectivity index (χ0n) is 9.81. The van der Waals surface area contributed by atoms with Crippen LogP contribution in [0.5, 0.6) is 5.88 Å². The quantitative estimate of drug-likeness (QED) is 0.937. The minimum absolute atomic E-state index is 0.0491. The molecule has 0 atom stereocenters. The monoisotopic (exact) mass is 309 g/mol. The van der Waals surface area contributed by atoms with E-state index in [2.05, 4.69) is 31.2 Å². The number of hydrogen-bond donors (Lipinski definition) is 1. The van der Waals surface area contributed by atoms with E-state index >= 15 is 0 Å². The number of amides is 1. The van der Waals surface area contributed by atoms with Crippen molar-refractivity contribution in [1.29, 1.82) is 0 Å². The van der Waals surface area contributed by atoms with Crippen molar-refractivity contribution >= 4 is 32.7 Å². The molecule has 0 spiro atoms. The molecular formula is C12H12BrN3O2. The smallest absolute Gasteiger partial charge is 0.257 e. The van der Waals surface area contributed by atoms with Gasteiger partial charge in [0.2, 0.25) is 5.88 Å². The molecule has 6 heteroatoms. The molecule has 2 aromatic rings. The van der Waals surface area contributed by atoms with Gasteiger partial charge in [-0.3, -0.25) is 4.79 Å². The lowest BCUT2D eigenvalue weighted by Gasteiger charge is -2.07. The molecule has 0 radical (unpaired) electrons. The van der Waals surface area contributed by atoms with Crippen LogP contribution in [-0.4, -0.2) is 29.0 Å². The second kappa shape index (κ2) is 5.77. The highest BCUT2D eigenvalue weighted by Crippen LogP contribution is 2.24. The summed E-state index contributed by atoms with van der Waals surface area (Å²) in [5.41, 5.74) is 0.777. The predicted molar refractivity (Wildman–Crippen MR) is 71.4 cm³/mol. The molecule has 1 amide bonds. The lowest BCUT2D eigenvalue weighted by Crippen LogP contribution is -2.28. The number of likely N-dealkylation sites (N-methyl/N-ethyl adjacent to an activating group) is 1. The Bertz CT molecular complexity index is 574. The summed E-state index contributed by atoms with van der Waals surface area (Å²) in [6.45, 7) is 2.39. The molecule has 1 N–H and O–H groups in total. The highest BCUT2D eigenvalue weighted by molar-refractivity contribution is 9.10. The standard InChI is InChI=1S/C12H12BrN3O2/c1-2-14-11(17)6-18-12-9-5-8(13)3-4-10(9)15-7-16-12/h3-5,7H,2,6H2,1H3,(H,14,17). The Morgan fingerprint density at radius 3 is 3.06 bits per heavy atom. The first-order valence-electron chi connectivity index (χ1n) is 5.50. The molecule has 18 heavy (non-hydrogen) atoms. The van der Waals surface area contributed by atoms with Crippen LogP contribution in [0.1, 0.15) is 6.92 Å². The van der Waals surface area contributed by atoms with Crippen molar-refractivity contribution in [2.75, 3.05) is 13.2 Å².